The Kier molecular flexibility index (Phi) is 6.00. The highest BCUT2D eigenvalue weighted by Gasteiger charge is 2.31. The third-order valence-corrected chi connectivity index (χ3v) is 6.59. The van der Waals surface area contributed by atoms with Gasteiger partial charge >= 0.3 is 12.3 Å². The van der Waals surface area contributed by atoms with Crippen molar-refractivity contribution in [3.05, 3.63) is 26.6 Å². The number of piperidine rings is 1. The molecule has 144 valence electrons. The van der Waals surface area contributed by atoms with Gasteiger partial charge in [0.1, 0.15) is 5.69 Å². The summed E-state index contributed by atoms with van der Waals surface area (Å²) < 4.78 is 39.7. The van der Waals surface area contributed by atoms with Crippen molar-refractivity contribution in [2.24, 2.45) is 0 Å². The Balaban J connectivity index is 1.91. The van der Waals surface area contributed by atoms with E-state index in [1.807, 2.05) is 22.6 Å². The van der Waals surface area contributed by atoms with Crippen LogP contribution in [-0.2, 0) is 11.3 Å². The van der Waals surface area contributed by atoms with Crippen LogP contribution in [0.5, 0.6) is 0 Å². The largest absolute Gasteiger partial charge is 0.435 e. The van der Waals surface area contributed by atoms with Crippen LogP contribution in [0, 0.1) is 14.3 Å². The summed E-state index contributed by atoms with van der Waals surface area (Å²) in [6, 6.07) is 4.69. The number of carbonyl (C=O) groups is 1. The molecule has 0 atom stereocenters. The lowest BCUT2D eigenvalue weighted by atomic mass is 10.1. The smallest absolute Gasteiger partial charge is 0.306 e. The maximum Gasteiger partial charge on any atom is 0.435 e. The SMILES string of the molecule is N#CN(OC(=O)N1CCCCC1)c1cccc2c(CC(F)(F)F)c(I)sc12. The van der Waals surface area contributed by atoms with Crippen LogP contribution in [0.25, 0.3) is 10.1 Å². The average Bonchev–Trinajstić information content (AvgIpc) is 2.94. The van der Waals surface area contributed by atoms with E-state index in [1.54, 1.807) is 24.4 Å². The molecule has 0 N–H and O–H groups in total. The molecule has 0 saturated carbocycles. The number of likely N-dealkylation sites (tertiary alicyclic amines) is 1. The number of carbonyl (C=O) groups excluding carboxylic acids is 1. The molecule has 10 heteroatoms. The van der Waals surface area contributed by atoms with Crippen molar-refractivity contribution in [1.82, 2.24) is 4.90 Å². The number of nitrogens with zero attached hydrogens (tertiary/aromatic N) is 3. The molecule has 2 aromatic rings. The number of amides is 1. The Hall–Kier alpha value is -1.74. The highest BCUT2D eigenvalue weighted by atomic mass is 127. The number of hydroxylamine groups is 1. The predicted octanol–water partition coefficient (Wildman–Crippen LogP) is 5.44. The molecule has 1 aromatic heterocycles. The van der Waals surface area contributed by atoms with Crippen molar-refractivity contribution in [2.75, 3.05) is 18.2 Å². The molecule has 0 aliphatic carbocycles. The lowest BCUT2D eigenvalue weighted by molar-refractivity contribution is -0.127. The summed E-state index contributed by atoms with van der Waals surface area (Å²) in [6.07, 6.45) is -1.41. The summed E-state index contributed by atoms with van der Waals surface area (Å²) in [4.78, 5) is 19.1. The Morgan fingerprint density at radius 1 is 1.33 bits per heavy atom. The first-order valence-corrected chi connectivity index (χ1v) is 10.1. The molecule has 1 fully saturated rings. The van der Waals surface area contributed by atoms with Gasteiger partial charge in [0.2, 0.25) is 6.19 Å². The Labute approximate surface area is 171 Å². The fourth-order valence-corrected chi connectivity index (χ4v) is 5.17. The quantitative estimate of drug-likeness (QED) is 0.240. The van der Waals surface area contributed by atoms with E-state index in [2.05, 4.69) is 0 Å². The van der Waals surface area contributed by atoms with Gasteiger partial charge in [-0.25, -0.2) is 4.79 Å². The van der Waals surface area contributed by atoms with Crippen molar-refractivity contribution in [3.8, 4) is 6.19 Å². The summed E-state index contributed by atoms with van der Waals surface area (Å²) >= 11 is 3.01. The first-order valence-electron chi connectivity index (χ1n) is 8.23. The van der Waals surface area contributed by atoms with Crippen LogP contribution in [0.15, 0.2) is 18.2 Å². The summed E-state index contributed by atoms with van der Waals surface area (Å²) in [5, 5.41) is 10.6. The second kappa shape index (κ2) is 8.10. The van der Waals surface area contributed by atoms with Gasteiger partial charge in [0.15, 0.2) is 0 Å². The number of alkyl halides is 3. The predicted molar refractivity (Wildman–Crippen MR) is 104 cm³/mol. The number of anilines is 1. The van der Waals surface area contributed by atoms with Crippen LogP contribution in [0.4, 0.5) is 23.7 Å². The van der Waals surface area contributed by atoms with Crippen molar-refractivity contribution in [3.63, 3.8) is 0 Å². The third-order valence-electron chi connectivity index (χ3n) is 4.22. The van der Waals surface area contributed by atoms with Gasteiger partial charge in [-0.1, -0.05) is 12.1 Å². The van der Waals surface area contributed by atoms with Crippen LogP contribution in [0.1, 0.15) is 24.8 Å². The van der Waals surface area contributed by atoms with Gasteiger partial charge in [0.25, 0.3) is 0 Å². The van der Waals surface area contributed by atoms with E-state index in [0.29, 0.717) is 26.1 Å². The van der Waals surface area contributed by atoms with E-state index in [0.717, 1.165) is 35.7 Å². The van der Waals surface area contributed by atoms with E-state index in [-0.39, 0.29) is 11.3 Å². The second-order valence-electron chi connectivity index (χ2n) is 6.10. The van der Waals surface area contributed by atoms with Gasteiger partial charge in [-0.15, -0.1) is 16.4 Å². The van der Waals surface area contributed by atoms with Gasteiger partial charge in [-0.3, -0.25) is 0 Å². The number of hydrogen-bond acceptors (Lipinski definition) is 5. The van der Waals surface area contributed by atoms with Crippen LogP contribution < -0.4 is 5.06 Å². The molecular weight excluding hydrogens is 494 g/mol. The molecule has 0 bridgehead atoms. The van der Waals surface area contributed by atoms with Crippen LogP contribution >= 0.6 is 33.9 Å². The molecule has 1 amide bonds. The Bertz CT molecular complexity index is 888. The fourth-order valence-electron chi connectivity index (χ4n) is 2.99. The molecule has 27 heavy (non-hydrogen) atoms. The van der Waals surface area contributed by atoms with E-state index >= 15 is 0 Å². The van der Waals surface area contributed by atoms with E-state index in [1.165, 1.54) is 4.90 Å². The lowest BCUT2D eigenvalue weighted by Crippen LogP contribution is -2.39. The monoisotopic (exact) mass is 509 g/mol. The molecule has 1 aliphatic heterocycles. The summed E-state index contributed by atoms with van der Waals surface area (Å²) in [5.74, 6) is 0. The molecule has 3 rings (SSSR count). The van der Waals surface area contributed by atoms with Gasteiger partial charge < -0.3 is 9.74 Å². The van der Waals surface area contributed by atoms with Crippen molar-refractivity contribution in [1.29, 1.82) is 5.26 Å². The molecule has 2 heterocycles. The molecular formula is C17H15F3IN3O2S. The first-order chi connectivity index (χ1) is 12.8. The topological polar surface area (TPSA) is 56.6 Å². The zero-order valence-electron chi connectivity index (χ0n) is 14.1. The van der Waals surface area contributed by atoms with E-state index in [9.17, 15) is 23.2 Å². The van der Waals surface area contributed by atoms with Gasteiger partial charge in [-0.2, -0.15) is 18.4 Å². The fraction of sp³-hybridized carbons (Fsp3) is 0.412. The minimum Gasteiger partial charge on any atom is -0.306 e. The van der Waals surface area contributed by atoms with Crippen molar-refractivity contribution >= 4 is 55.8 Å². The van der Waals surface area contributed by atoms with Crippen LogP contribution in [0.3, 0.4) is 0 Å². The van der Waals surface area contributed by atoms with E-state index < -0.39 is 18.7 Å². The summed E-state index contributed by atoms with van der Waals surface area (Å²) in [5.41, 5.74) is 0.432. The zero-order valence-corrected chi connectivity index (χ0v) is 17.0. The number of benzene rings is 1. The number of thiophene rings is 1. The van der Waals surface area contributed by atoms with Gasteiger partial charge in [0, 0.05) is 13.1 Å². The Morgan fingerprint density at radius 2 is 2.04 bits per heavy atom. The van der Waals surface area contributed by atoms with Gasteiger partial charge in [-0.05, 0) is 58.9 Å². The first kappa shape index (κ1) is 20.0. The summed E-state index contributed by atoms with van der Waals surface area (Å²) in [6.45, 7) is 1.13. The molecule has 1 aromatic carbocycles. The number of halogens is 4. The molecule has 1 aliphatic rings. The standard InChI is InChI=1S/C17H15F3IN3O2S/c18-17(19,20)9-12-11-5-4-6-13(14(11)27-15(12)21)24(10-22)26-16(25)23-7-2-1-3-8-23/h4-6H,1-3,7-9H2. The number of rotatable bonds is 3. The molecule has 0 spiro atoms. The molecule has 0 radical (unpaired) electrons. The van der Waals surface area contributed by atoms with Crippen molar-refractivity contribution < 1.29 is 22.8 Å². The molecule has 5 nitrogen and oxygen atoms in total. The normalized spacial score (nSPS) is 14.9. The molecule has 0 unspecified atom stereocenters. The summed E-state index contributed by atoms with van der Waals surface area (Å²) in [7, 11) is 0. The van der Waals surface area contributed by atoms with Crippen LogP contribution in [0.2, 0.25) is 0 Å². The number of nitriles is 1. The maximum absolute atomic E-state index is 12.9. The minimum absolute atomic E-state index is 0.171. The lowest BCUT2D eigenvalue weighted by Gasteiger charge is -2.27. The second-order valence-corrected chi connectivity index (χ2v) is 8.93. The zero-order chi connectivity index (χ0) is 19.6. The van der Waals surface area contributed by atoms with Crippen molar-refractivity contribution in [2.45, 2.75) is 31.9 Å². The highest BCUT2D eigenvalue weighted by Crippen LogP contribution is 2.41. The Morgan fingerprint density at radius 3 is 2.67 bits per heavy atom. The number of fused-ring (bicyclic) bond motifs is 1. The van der Waals surface area contributed by atoms with Gasteiger partial charge in [0.05, 0.1) is 14.0 Å². The number of hydrogen-bond donors (Lipinski definition) is 0. The van der Waals surface area contributed by atoms with Crippen LogP contribution in [-0.4, -0.2) is 30.3 Å². The van der Waals surface area contributed by atoms with E-state index in [4.69, 9.17) is 4.84 Å². The maximum atomic E-state index is 12.9. The minimum atomic E-state index is -4.33. The molecule has 1 saturated heterocycles. The highest BCUT2D eigenvalue weighted by molar-refractivity contribution is 14.1. The average molecular weight is 509 g/mol. The third kappa shape index (κ3) is 4.57.